The average molecular weight is 491 g/mol. The van der Waals surface area contributed by atoms with Crippen LogP contribution in [0.2, 0.25) is 0 Å². The van der Waals surface area contributed by atoms with Gasteiger partial charge in [-0.1, -0.05) is 12.1 Å². The Labute approximate surface area is 206 Å². The predicted octanol–water partition coefficient (Wildman–Crippen LogP) is 3.19. The first-order chi connectivity index (χ1) is 17.1. The van der Waals surface area contributed by atoms with Crippen molar-refractivity contribution >= 4 is 39.0 Å². The number of benzene rings is 2. The van der Waals surface area contributed by atoms with Gasteiger partial charge in [0.25, 0.3) is 5.91 Å². The van der Waals surface area contributed by atoms with Crippen LogP contribution in [0.5, 0.6) is 0 Å². The standard InChI is InChI=1S/C25H26N6O3S/c26-19-7-5-17(6-8-19)23-28-21-13-20(35-22(21)24(29-23)31-9-11-34-12-10-31)15-27-14-16-1-3-18(4-2-16)25(32)30-33/h1-8,13,27,33H,9-12,14-15,26H2,(H,30,32). The Hall–Kier alpha value is -3.57. The number of carbonyl (C=O) groups excluding carboxylic acids is 1. The molecule has 1 saturated heterocycles. The fraction of sp³-hybridized carbons (Fsp3) is 0.240. The Kier molecular flexibility index (Phi) is 6.87. The third kappa shape index (κ3) is 5.25. The summed E-state index contributed by atoms with van der Waals surface area (Å²) in [5.41, 5.74) is 11.5. The summed E-state index contributed by atoms with van der Waals surface area (Å²) in [4.78, 5) is 24.7. The van der Waals surface area contributed by atoms with Crippen LogP contribution in [-0.4, -0.2) is 47.4 Å². The highest BCUT2D eigenvalue weighted by Crippen LogP contribution is 2.34. The van der Waals surface area contributed by atoms with Crippen LogP contribution in [-0.2, 0) is 17.8 Å². The Morgan fingerprint density at radius 3 is 2.51 bits per heavy atom. The molecule has 10 heteroatoms. The molecule has 0 radical (unpaired) electrons. The predicted molar refractivity (Wildman–Crippen MR) is 137 cm³/mol. The number of carbonyl (C=O) groups is 1. The molecule has 0 unspecified atom stereocenters. The van der Waals surface area contributed by atoms with Crippen LogP contribution in [0.1, 0.15) is 20.8 Å². The molecule has 4 aromatic rings. The van der Waals surface area contributed by atoms with Gasteiger partial charge in [-0.2, -0.15) is 0 Å². The molecule has 0 spiro atoms. The van der Waals surface area contributed by atoms with Crippen LogP contribution in [0.15, 0.2) is 54.6 Å². The highest BCUT2D eigenvalue weighted by atomic mass is 32.1. The van der Waals surface area contributed by atoms with Gasteiger partial charge in [0.15, 0.2) is 11.6 Å². The third-order valence-electron chi connectivity index (χ3n) is 5.83. The molecule has 3 heterocycles. The first kappa shape index (κ1) is 23.2. The molecule has 2 aromatic carbocycles. The van der Waals surface area contributed by atoms with Crippen LogP contribution >= 0.6 is 11.3 Å². The normalized spacial score (nSPS) is 13.8. The molecule has 1 amide bonds. The van der Waals surface area contributed by atoms with Gasteiger partial charge in [-0.15, -0.1) is 11.3 Å². The number of fused-ring (bicyclic) bond motifs is 1. The molecule has 0 aliphatic carbocycles. The molecule has 0 atom stereocenters. The number of nitrogens with zero attached hydrogens (tertiary/aromatic N) is 3. The molecule has 5 N–H and O–H groups in total. The summed E-state index contributed by atoms with van der Waals surface area (Å²) >= 11 is 1.70. The number of hydroxylamine groups is 1. The van der Waals surface area contributed by atoms with Crippen LogP contribution in [0, 0.1) is 0 Å². The van der Waals surface area contributed by atoms with Gasteiger partial charge in [-0.25, -0.2) is 15.4 Å². The lowest BCUT2D eigenvalue weighted by atomic mass is 10.1. The molecule has 35 heavy (non-hydrogen) atoms. The molecule has 0 saturated carbocycles. The minimum absolute atomic E-state index is 0.409. The van der Waals surface area contributed by atoms with Crippen molar-refractivity contribution in [1.29, 1.82) is 0 Å². The summed E-state index contributed by atoms with van der Waals surface area (Å²) in [6, 6.07) is 16.8. The molecule has 180 valence electrons. The summed E-state index contributed by atoms with van der Waals surface area (Å²) in [5.74, 6) is 1.10. The van der Waals surface area contributed by atoms with E-state index >= 15 is 0 Å². The quantitative estimate of drug-likeness (QED) is 0.177. The third-order valence-corrected chi connectivity index (χ3v) is 6.95. The van der Waals surface area contributed by atoms with E-state index in [4.69, 9.17) is 25.6 Å². The van der Waals surface area contributed by atoms with E-state index in [0.29, 0.717) is 43.4 Å². The van der Waals surface area contributed by atoms with E-state index in [0.717, 1.165) is 45.1 Å². The van der Waals surface area contributed by atoms with Gasteiger partial charge in [0.05, 0.1) is 23.4 Å². The maximum absolute atomic E-state index is 11.5. The van der Waals surface area contributed by atoms with E-state index < -0.39 is 5.91 Å². The second kappa shape index (κ2) is 10.4. The zero-order valence-electron chi connectivity index (χ0n) is 19.0. The lowest BCUT2D eigenvalue weighted by molar-refractivity contribution is 0.0706. The Morgan fingerprint density at radius 2 is 1.80 bits per heavy atom. The van der Waals surface area contributed by atoms with Crippen LogP contribution in [0.25, 0.3) is 21.6 Å². The van der Waals surface area contributed by atoms with Crippen molar-refractivity contribution in [1.82, 2.24) is 20.8 Å². The largest absolute Gasteiger partial charge is 0.399 e. The minimum Gasteiger partial charge on any atom is -0.399 e. The van der Waals surface area contributed by atoms with E-state index in [1.807, 2.05) is 36.4 Å². The highest BCUT2D eigenvalue weighted by molar-refractivity contribution is 7.19. The number of thiophene rings is 1. The number of rotatable bonds is 7. The van der Waals surface area contributed by atoms with Gasteiger partial charge in [-0.3, -0.25) is 10.0 Å². The fourth-order valence-corrected chi connectivity index (χ4v) is 5.05. The maximum Gasteiger partial charge on any atom is 0.274 e. The van der Waals surface area contributed by atoms with Crippen molar-refractivity contribution in [2.45, 2.75) is 13.1 Å². The van der Waals surface area contributed by atoms with Crippen LogP contribution < -0.4 is 21.4 Å². The molecule has 1 aliphatic heterocycles. The molecular formula is C25H26N6O3S. The van der Waals surface area contributed by atoms with Crippen molar-refractivity contribution in [2.24, 2.45) is 0 Å². The SMILES string of the molecule is Nc1ccc(-c2nc(N3CCOCC3)c3sc(CNCc4ccc(C(=O)NO)cc4)cc3n2)cc1. The molecule has 9 nitrogen and oxygen atoms in total. The first-order valence-corrected chi connectivity index (χ1v) is 12.2. The van der Waals surface area contributed by atoms with Crippen LogP contribution in [0.4, 0.5) is 11.5 Å². The van der Waals surface area contributed by atoms with Crippen molar-refractivity contribution in [2.75, 3.05) is 36.9 Å². The van der Waals surface area contributed by atoms with Gasteiger partial charge in [0.2, 0.25) is 0 Å². The zero-order valence-corrected chi connectivity index (χ0v) is 19.8. The smallest absolute Gasteiger partial charge is 0.274 e. The lowest BCUT2D eigenvalue weighted by Crippen LogP contribution is -2.36. The number of nitrogens with one attached hydrogen (secondary N) is 2. The molecule has 2 aromatic heterocycles. The molecule has 0 bridgehead atoms. The van der Waals surface area contributed by atoms with Gasteiger partial charge in [0.1, 0.15) is 0 Å². The number of hydrogen-bond acceptors (Lipinski definition) is 9. The molecular weight excluding hydrogens is 464 g/mol. The van der Waals surface area contributed by atoms with E-state index in [1.54, 1.807) is 28.9 Å². The number of morpholine rings is 1. The van der Waals surface area contributed by atoms with Gasteiger partial charge in [-0.05, 0) is 48.0 Å². The van der Waals surface area contributed by atoms with E-state index in [-0.39, 0.29) is 0 Å². The number of hydrogen-bond donors (Lipinski definition) is 4. The summed E-state index contributed by atoms with van der Waals surface area (Å²) < 4.78 is 6.62. The summed E-state index contributed by atoms with van der Waals surface area (Å²) in [6.45, 7) is 4.28. The van der Waals surface area contributed by atoms with Crippen molar-refractivity contribution < 1.29 is 14.7 Å². The van der Waals surface area contributed by atoms with Crippen molar-refractivity contribution in [3.63, 3.8) is 0 Å². The van der Waals surface area contributed by atoms with E-state index in [9.17, 15) is 4.79 Å². The Morgan fingerprint density at radius 1 is 1.06 bits per heavy atom. The number of nitrogens with two attached hydrogens (primary N) is 1. The highest BCUT2D eigenvalue weighted by Gasteiger charge is 2.20. The van der Waals surface area contributed by atoms with E-state index in [2.05, 4.69) is 16.3 Å². The second-order valence-electron chi connectivity index (χ2n) is 8.26. The van der Waals surface area contributed by atoms with Crippen molar-refractivity contribution in [3.8, 4) is 11.4 Å². The monoisotopic (exact) mass is 490 g/mol. The fourth-order valence-electron chi connectivity index (χ4n) is 3.97. The minimum atomic E-state index is -0.523. The topological polar surface area (TPSA) is 126 Å². The Bertz CT molecular complexity index is 1320. The second-order valence-corrected chi connectivity index (χ2v) is 9.40. The summed E-state index contributed by atoms with van der Waals surface area (Å²) in [6.07, 6.45) is 0. The average Bonchev–Trinajstić information content (AvgIpc) is 3.32. The van der Waals surface area contributed by atoms with Crippen LogP contribution in [0.3, 0.4) is 0 Å². The van der Waals surface area contributed by atoms with E-state index in [1.165, 1.54) is 0 Å². The maximum atomic E-state index is 11.5. The number of nitrogen functional groups attached to an aromatic ring is 1. The molecule has 5 rings (SSSR count). The summed E-state index contributed by atoms with van der Waals surface area (Å²) in [5, 5.41) is 12.2. The molecule has 1 fully saturated rings. The zero-order chi connectivity index (χ0) is 24.2. The van der Waals surface area contributed by atoms with Gasteiger partial charge >= 0.3 is 0 Å². The molecule has 1 aliphatic rings. The number of aromatic nitrogens is 2. The van der Waals surface area contributed by atoms with Gasteiger partial charge in [0, 0.05) is 47.9 Å². The van der Waals surface area contributed by atoms with Gasteiger partial charge < -0.3 is 20.7 Å². The number of ether oxygens (including phenoxy) is 1. The summed E-state index contributed by atoms with van der Waals surface area (Å²) in [7, 11) is 0. The van der Waals surface area contributed by atoms with Crippen molar-refractivity contribution in [3.05, 3.63) is 70.6 Å². The Balaban J connectivity index is 1.37. The first-order valence-electron chi connectivity index (χ1n) is 11.3. The lowest BCUT2D eigenvalue weighted by Gasteiger charge is -2.28. The number of amides is 1. The number of anilines is 2.